The van der Waals surface area contributed by atoms with Gasteiger partial charge in [0.1, 0.15) is 0 Å². The number of aromatic nitrogens is 1. The maximum absolute atomic E-state index is 13.5. The molecular weight excluding hydrogens is 542 g/mol. The standard InChI is InChI=1S/C40H73NO3/c1-6-9-11-13-15-17-19-20-21-22-23-25-27-29-31-33-38(42)40-35(4)41(5)37(34-39(43)44-8-3)36(40)32-30-28-26-24-18-16-14-12-10-7-2/h6-34H2,1-5H3. The summed E-state index contributed by atoms with van der Waals surface area (Å²) in [5.41, 5.74) is 4.01. The average molecular weight is 616 g/mol. The Bertz CT molecular complexity index is 855. The van der Waals surface area contributed by atoms with E-state index >= 15 is 0 Å². The second-order valence-electron chi connectivity index (χ2n) is 13.5. The molecule has 4 nitrogen and oxygen atoms in total. The number of Topliss-reactive ketones (excluding diaryl/α,β-unsaturated/α-hetero) is 1. The molecule has 0 saturated carbocycles. The van der Waals surface area contributed by atoms with E-state index in [1.54, 1.807) is 0 Å². The second-order valence-corrected chi connectivity index (χ2v) is 13.5. The fraction of sp³-hybridized carbons (Fsp3) is 0.850. The maximum atomic E-state index is 13.5. The molecule has 0 amide bonds. The topological polar surface area (TPSA) is 48.3 Å². The van der Waals surface area contributed by atoms with E-state index < -0.39 is 0 Å². The quantitative estimate of drug-likeness (QED) is 0.0474. The van der Waals surface area contributed by atoms with Crippen molar-refractivity contribution >= 4 is 11.8 Å². The highest BCUT2D eigenvalue weighted by Crippen LogP contribution is 2.27. The number of ketones is 1. The molecule has 1 heterocycles. The third-order valence-electron chi connectivity index (χ3n) is 9.60. The van der Waals surface area contributed by atoms with Gasteiger partial charge in [-0.15, -0.1) is 0 Å². The van der Waals surface area contributed by atoms with Crippen LogP contribution in [0.5, 0.6) is 0 Å². The van der Waals surface area contributed by atoms with Crippen LogP contribution in [0.3, 0.4) is 0 Å². The van der Waals surface area contributed by atoms with Gasteiger partial charge < -0.3 is 9.30 Å². The van der Waals surface area contributed by atoms with E-state index in [-0.39, 0.29) is 18.2 Å². The third-order valence-corrected chi connectivity index (χ3v) is 9.60. The summed E-state index contributed by atoms with van der Waals surface area (Å²) >= 11 is 0. The van der Waals surface area contributed by atoms with Crippen molar-refractivity contribution in [1.82, 2.24) is 4.57 Å². The Balaban J connectivity index is 2.45. The van der Waals surface area contributed by atoms with Crippen molar-refractivity contribution in [3.63, 3.8) is 0 Å². The number of unbranched alkanes of at least 4 members (excludes halogenated alkanes) is 23. The van der Waals surface area contributed by atoms with E-state index in [4.69, 9.17) is 4.74 Å². The van der Waals surface area contributed by atoms with E-state index in [9.17, 15) is 9.59 Å². The zero-order chi connectivity index (χ0) is 32.3. The van der Waals surface area contributed by atoms with E-state index in [0.717, 1.165) is 48.2 Å². The zero-order valence-corrected chi connectivity index (χ0v) is 30.2. The van der Waals surface area contributed by atoms with Crippen molar-refractivity contribution in [2.45, 2.75) is 207 Å². The molecule has 4 heteroatoms. The van der Waals surface area contributed by atoms with Crippen molar-refractivity contribution in [2.75, 3.05) is 6.61 Å². The molecule has 0 unspecified atom stereocenters. The minimum Gasteiger partial charge on any atom is -0.466 e. The van der Waals surface area contributed by atoms with E-state index in [1.165, 1.54) is 141 Å². The molecule has 44 heavy (non-hydrogen) atoms. The first-order valence-corrected chi connectivity index (χ1v) is 19.3. The molecule has 0 bridgehead atoms. The van der Waals surface area contributed by atoms with Gasteiger partial charge in [-0.05, 0) is 38.7 Å². The summed E-state index contributed by atoms with van der Waals surface area (Å²) < 4.78 is 7.38. The van der Waals surface area contributed by atoms with Gasteiger partial charge in [-0.25, -0.2) is 0 Å². The Morgan fingerprint density at radius 1 is 0.568 bits per heavy atom. The Labute approximate surface area is 273 Å². The Hall–Kier alpha value is -1.58. The van der Waals surface area contributed by atoms with Crippen LogP contribution in [0.4, 0.5) is 0 Å². The van der Waals surface area contributed by atoms with Crippen molar-refractivity contribution in [3.05, 3.63) is 22.5 Å². The molecule has 1 rings (SSSR count). The number of esters is 1. The van der Waals surface area contributed by atoms with Gasteiger partial charge >= 0.3 is 5.97 Å². The van der Waals surface area contributed by atoms with Crippen molar-refractivity contribution in [2.24, 2.45) is 7.05 Å². The van der Waals surface area contributed by atoms with E-state index in [2.05, 4.69) is 25.3 Å². The predicted molar refractivity (Wildman–Crippen MR) is 190 cm³/mol. The molecule has 0 aliphatic carbocycles. The van der Waals surface area contributed by atoms with Crippen LogP contribution >= 0.6 is 0 Å². The second kappa shape index (κ2) is 27.7. The van der Waals surface area contributed by atoms with Crippen LogP contribution in [-0.2, 0) is 29.4 Å². The number of hydrogen-bond donors (Lipinski definition) is 0. The highest BCUT2D eigenvalue weighted by Gasteiger charge is 2.24. The van der Waals surface area contributed by atoms with Crippen LogP contribution in [0.2, 0.25) is 0 Å². The minimum absolute atomic E-state index is 0.196. The summed E-state index contributed by atoms with van der Waals surface area (Å²) in [6, 6.07) is 0. The molecule has 0 saturated heterocycles. The Morgan fingerprint density at radius 3 is 1.36 bits per heavy atom. The number of carbonyl (C=O) groups excluding carboxylic acids is 2. The average Bonchev–Trinajstić information content (AvgIpc) is 3.24. The summed E-state index contributed by atoms with van der Waals surface area (Å²) in [6.07, 6.45) is 34.7. The van der Waals surface area contributed by atoms with Gasteiger partial charge in [0.15, 0.2) is 5.78 Å². The first kappa shape index (κ1) is 40.4. The highest BCUT2D eigenvalue weighted by molar-refractivity contribution is 5.99. The predicted octanol–water partition coefficient (Wildman–Crippen LogP) is 12.3. The monoisotopic (exact) mass is 616 g/mol. The summed E-state index contributed by atoms with van der Waals surface area (Å²) in [5.74, 6) is 0.0730. The summed E-state index contributed by atoms with van der Waals surface area (Å²) in [4.78, 5) is 26.0. The van der Waals surface area contributed by atoms with Crippen molar-refractivity contribution < 1.29 is 14.3 Å². The van der Waals surface area contributed by atoms with Gasteiger partial charge in [0, 0.05) is 30.4 Å². The largest absolute Gasteiger partial charge is 0.466 e. The third kappa shape index (κ3) is 18.4. The van der Waals surface area contributed by atoms with E-state index in [0.29, 0.717) is 13.0 Å². The van der Waals surface area contributed by atoms with Crippen LogP contribution in [0.25, 0.3) is 0 Å². The fourth-order valence-electron chi connectivity index (χ4n) is 6.72. The van der Waals surface area contributed by atoms with Gasteiger partial charge in [0.25, 0.3) is 0 Å². The Kier molecular flexibility index (Phi) is 25.5. The van der Waals surface area contributed by atoms with Crippen LogP contribution in [0.15, 0.2) is 0 Å². The molecule has 1 aromatic heterocycles. The lowest BCUT2D eigenvalue weighted by Gasteiger charge is -2.09. The molecule has 0 N–H and O–H groups in total. The number of hydrogen-bond acceptors (Lipinski definition) is 3. The van der Waals surface area contributed by atoms with Crippen LogP contribution in [0, 0.1) is 6.92 Å². The first-order valence-electron chi connectivity index (χ1n) is 19.3. The molecule has 0 aliphatic rings. The highest BCUT2D eigenvalue weighted by atomic mass is 16.5. The molecule has 0 fully saturated rings. The maximum Gasteiger partial charge on any atom is 0.311 e. The molecule has 0 aromatic carbocycles. The van der Waals surface area contributed by atoms with Gasteiger partial charge in [-0.2, -0.15) is 0 Å². The van der Waals surface area contributed by atoms with E-state index in [1.807, 2.05) is 14.0 Å². The molecule has 256 valence electrons. The molecule has 1 aromatic rings. The number of ether oxygens (including phenoxy) is 1. The molecule has 0 spiro atoms. The molecular formula is C40H73NO3. The fourth-order valence-corrected chi connectivity index (χ4v) is 6.72. The van der Waals surface area contributed by atoms with Gasteiger partial charge in [-0.1, -0.05) is 162 Å². The normalized spacial score (nSPS) is 11.4. The van der Waals surface area contributed by atoms with Crippen LogP contribution in [-0.4, -0.2) is 22.9 Å². The number of carbonyl (C=O) groups is 2. The summed E-state index contributed by atoms with van der Waals surface area (Å²) in [5, 5.41) is 0. The van der Waals surface area contributed by atoms with Crippen molar-refractivity contribution in [1.29, 1.82) is 0 Å². The van der Waals surface area contributed by atoms with Gasteiger partial charge in [0.2, 0.25) is 0 Å². The molecule has 0 atom stereocenters. The minimum atomic E-state index is -0.196. The zero-order valence-electron chi connectivity index (χ0n) is 30.2. The summed E-state index contributed by atoms with van der Waals surface area (Å²) in [6.45, 7) is 8.85. The Morgan fingerprint density at radius 2 is 0.955 bits per heavy atom. The lowest BCUT2D eigenvalue weighted by molar-refractivity contribution is -0.142. The summed E-state index contributed by atoms with van der Waals surface area (Å²) in [7, 11) is 2.01. The van der Waals surface area contributed by atoms with Gasteiger partial charge in [0.05, 0.1) is 13.0 Å². The van der Waals surface area contributed by atoms with Crippen molar-refractivity contribution in [3.8, 4) is 0 Å². The van der Waals surface area contributed by atoms with Gasteiger partial charge in [-0.3, -0.25) is 9.59 Å². The smallest absolute Gasteiger partial charge is 0.311 e. The molecule has 0 aliphatic heterocycles. The number of nitrogens with zero attached hydrogens (tertiary/aromatic N) is 1. The lowest BCUT2D eigenvalue weighted by Crippen LogP contribution is -2.12. The van der Waals surface area contributed by atoms with Crippen LogP contribution < -0.4 is 0 Å². The first-order chi connectivity index (χ1) is 21.5. The van der Waals surface area contributed by atoms with Crippen LogP contribution in [0.1, 0.15) is 215 Å². The number of rotatable bonds is 31. The lowest BCUT2D eigenvalue weighted by atomic mass is 9.95. The molecule has 0 radical (unpaired) electrons. The SMILES string of the molecule is CCCCCCCCCCCCCCCCCC(=O)c1c(CCCCCCCCCCCC)c(CC(=O)OCC)n(C)c1C.